The first-order chi connectivity index (χ1) is 13.6. The number of hydrogen-bond acceptors (Lipinski definition) is 5. The highest BCUT2D eigenvalue weighted by Crippen LogP contribution is 2.26. The minimum atomic E-state index is -0.229. The van der Waals surface area contributed by atoms with E-state index >= 15 is 0 Å². The van der Waals surface area contributed by atoms with E-state index in [1.165, 1.54) is 15.9 Å². The second-order valence-corrected chi connectivity index (χ2v) is 9.15. The van der Waals surface area contributed by atoms with E-state index in [1.54, 1.807) is 0 Å². The number of thiophene rings is 1. The Hall–Kier alpha value is -2.51. The summed E-state index contributed by atoms with van der Waals surface area (Å²) in [6.45, 7) is 10.3. The van der Waals surface area contributed by atoms with Crippen molar-refractivity contribution >= 4 is 33.1 Å². The number of amides is 1. The zero-order valence-corrected chi connectivity index (χ0v) is 19.0. The maximum absolute atomic E-state index is 13.3. The third-order valence-electron chi connectivity index (χ3n) is 5.07. The Morgan fingerprint density at radius 1 is 1.14 bits per heavy atom. The topological polar surface area (TPSA) is 67.2 Å². The molecule has 3 aromatic rings. The summed E-state index contributed by atoms with van der Waals surface area (Å²) in [5, 5.41) is 3.61. The molecular weight excluding hydrogens is 384 g/mol. The lowest BCUT2D eigenvalue weighted by atomic mass is 10.1. The van der Waals surface area contributed by atoms with Gasteiger partial charge >= 0.3 is 0 Å². The van der Waals surface area contributed by atoms with E-state index in [-0.39, 0.29) is 18.0 Å². The molecule has 1 amide bonds. The van der Waals surface area contributed by atoms with Crippen LogP contribution in [0.1, 0.15) is 33.0 Å². The number of hydrogen-bond donors (Lipinski definition) is 1. The fourth-order valence-corrected chi connectivity index (χ4v) is 4.67. The first-order valence-corrected chi connectivity index (χ1v) is 10.4. The molecule has 2 aromatic heterocycles. The lowest BCUT2D eigenvalue weighted by molar-refractivity contribution is -0.116. The highest BCUT2D eigenvalue weighted by Gasteiger charge is 2.19. The number of aryl methyl sites for hydroxylation is 5. The van der Waals surface area contributed by atoms with Crippen LogP contribution < -0.4 is 10.9 Å². The molecule has 0 saturated carbocycles. The van der Waals surface area contributed by atoms with Crippen LogP contribution in [-0.2, 0) is 17.9 Å². The van der Waals surface area contributed by atoms with Crippen LogP contribution in [0.2, 0.25) is 0 Å². The highest BCUT2D eigenvalue weighted by atomic mass is 32.1. The van der Waals surface area contributed by atoms with Crippen molar-refractivity contribution in [2.75, 3.05) is 19.4 Å². The van der Waals surface area contributed by atoms with Gasteiger partial charge in [0, 0.05) is 10.6 Å². The van der Waals surface area contributed by atoms with Gasteiger partial charge in [-0.1, -0.05) is 17.7 Å². The summed E-state index contributed by atoms with van der Waals surface area (Å²) in [7, 11) is 3.84. The number of carbonyl (C=O) groups excluding carboxylic acids is 1. The van der Waals surface area contributed by atoms with E-state index in [1.807, 2.05) is 65.7 Å². The van der Waals surface area contributed by atoms with Crippen LogP contribution in [0.15, 0.2) is 16.9 Å². The third kappa shape index (κ3) is 4.26. The molecule has 0 unspecified atom stereocenters. The van der Waals surface area contributed by atoms with Crippen molar-refractivity contribution in [3.8, 4) is 0 Å². The molecule has 2 heterocycles. The molecule has 0 aliphatic rings. The number of nitrogens with one attached hydrogen (secondary N) is 1. The molecule has 6 nitrogen and oxygen atoms in total. The van der Waals surface area contributed by atoms with Crippen LogP contribution in [0, 0.1) is 34.6 Å². The molecule has 0 spiro atoms. The van der Waals surface area contributed by atoms with Gasteiger partial charge in [-0.05, 0) is 65.4 Å². The summed E-state index contributed by atoms with van der Waals surface area (Å²) >= 11 is 1.53. The van der Waals surface area contributed by atoms with Crippen molar-refractivity contribution < 1.29 is 4.79 Å². The molecule has 0 atom stereocenters. The lowest BCUT2D eigenvalue weighted by Gasteiger charge is -2.17. The molecule has 0 aliphatic carbocycles. The van der Waals surface area contributed by atoms with Gasteiger partial charge < -0.3 is 10.2 Å². The average molecular weight is 413 g/mol. The van der Waals surface area contributed by atoms with E-state index in [0.717, 1.165) is 37.6 Å². The normalized spacial score (nSPS) is 11.4. The molecule has 29 heavy (non-hydrogen) atoms. The molecule has 0 radical (unpaired) electrons. The standard InChI is InChI=1S/C22H28N4O2S/c1-12-8-13(2)20(14(3)9-12)24-18(27)11-26-17(10-25(6)7)23-21-19(22(26)28)15(4)16(5)29-21/h8-9H,10-11H2,1-7H3,(H,24,27). The maximum atomic E-state index is 13.3. The lowest BCUT2D eigenvalue weighted by Crippen LogP contribution is -2.33. The van der Waals surface area contributed by atoms with Crippen molar-refractivity contribution in [1.82, 2.24) is 14.5 Å². The van der Waals surface area contributed by atoms with Gasteiger partial charge in [0.05, 0.1) is 11.9 Å². The van der Waals surface area contributed by atoms with Crippen LogP contribution in [-0.4, -0.2) is 34.5 Å². The number of fused-ring (bicyclic) bond motifs is 1. The number of benzene rings is 1. The predicted octanol–water partition coefficient (Wildman–Crippen LogP) is 3.70. The third-order valence-corrected chi connectivity index (χ3v) is 6.17. The Bertz CT molecular complexity index is 1130. The predicted molar refractivity (Wildman–Crippen MR) is 120 cm³/mol. The van der Waals surface area contributed by atoms with Crippen LogP contribution >= 0.6 is 11.3 Å². The molecule has 0 bridgehead atoms. The first-order valence-electron chi connectivity index (χ1n) is 9.60. The van der Waals surface area contributed by atoms with Gasteiger partial charge in [-0.3, -0.25) is 14.2 Å². The van der Waals surface area contributed by atoms with Gasteiger partial charge in [0.2, 0.25) is 5.91 Å². The van der Waals surface area contributed by atoms with Crippen molar-refractivity contribution in [3.63, 3.8) is 0 Å². The molecule has 154 valence electrons. The van der Waals surface area contributed by atoms with Crippen molar-refractivity contribution in [2.24, 2.45) is 0 Å². The van der Waals surface area contributed by atoms with Crippen LogP contribution in [0.4, 0.5) is 5.69 Å². The Kier molecular flexibility index (Phi) is 5.91. The largest absolute Gasteiger partial charge is 0.324 e. The number of anilines is 1. The monoisotopic (exact) mass is 412 g/mol. The van der Waals surface area contributed by atoms with E-state index < -0.39 is 0 Å². The maximum Gasteiger partial charge on any atom is 0.263 e. The van der Waals surface area contributed by atoms with E-state index in [9.17, 15) is 9.59 Å². The number of aromatic nitrogens is 2. The fraction of sp³-hybridized carbons (Fsp3) is 0.409. The Morgan fingerprint density at radius 3 is 2.34 bits per heavy atom. The molecule has 3 rings (SSSR count). The smallest absolute Gasteiger partial charge is 0.263 e. The molecule has 7 heteroatoms. The molecule has 0 aliphatic heterocycles. The van der Waals surface area contributed by atoms with E-state index in [0.29, 0.717) is 17.8 Å². The van der Waals surface area contributed by atoms with Gasteiger partial charge in [0.15, 0.2) is 0 Å². The molecule has 1 N–H and O–H groups in total. The molecule has 0 saturated heterocycles. The molecular formula is C22H28N4O2S. The van der Waals surface area contributed by atoms with Crippen LogP contribution in [0.3, 0.4) is 0 Å². The van der Waals surface area contributed by atoms with Crippen molar-refractivity contribution in [3.05, 3.63) is 55.4 Å². The average Bonchev–Trinajstić information content (AvgIpc) is 2.88. The second-order valence-electron chi connectivity index (χ2n) is 7.94. The van der Waals surface area contributed by atoms with Crippen LogP contribution in [0.5, 0.6) is 0 Å². The number of carbonyl (C=O) groups is 1. The van der Waals surface area contributed by atoms with Gasteiger partial charge in [-0.25, -0.2) is 4.98 Å². The first kappa shape index (κ1) is 21.2. The van der Waals surface area contributed by atoms with E-state index in [4.69, 9.17) is 4.98 Å². The second kappa shape index (κ2) is 8.08. The summed E-state index contributed by atoms with van der Waals surface area (Å²) in [4.78, 5) is 34.6. The minimum Gasteiger partial charge on any atom is -0.324 e. The van der Waals surface area contributed by atoms with Crippen molar-refractivity contribution in [2.45, 2.75) is 47.7 Å². The highest BCUT2D eigenvalue weighted by molar-refractivity contribution is 7.18. The van der Waals surface area contributed by atoms with Gasteiger partial charge in [-0.15, -0.1) is 11.3 Å². The summed E-state index contributed by atoms with van der Waals surface area (Å²) < 4.78 is 1.51. The fourth-order valence-electron chi connectivity index (χ4n) is 3.64. The van der Waals surface area contributed by atoms with Gasteiger partial charge in [-0.2, -0.15) is 0 Å². The minimum absolute atomic E-state index is 0.0635. The van der Waals surface area contributed by atoms with Crippen molar-refractivity contribution in [1.29, 1.82) is 0 Å². The van der Waals surface area contributed by atoms with E-state index in [2.05, 4.69) is 5.32 Å². The Morgan fingerprint density at radius 2 is 1.76 bits per heavy atom. The number of rotatable bonds is 5. The summed E-state index contributed by atoms with van der Waals surface area (Å²) in [5.74, 6) is 0.370. The quantitative estimate of drug-likeness (QED) is 0.694. The molecule has 1 aromatic carbocycles. The molecule has 0 fully saturated rings. The summed E-state index contributed by atoms with van der Waals surface area (Å²) in [5.41, 5.74) is 4.77. The summed E-state index contributed by atoms with van der Waals surface area (Å²) in [6, 6.07) is 4.08. The number of nitrogens with zero attached hydrogens (tertiary/aromatic N) is 3. The van der Waals surface area contributed by atoms with Gasteiger partial charge in [0.25, 0.3) is 5.56 Å². The zero-order chi connectivity index (χ0) is 21.5. The summed E-state index contributed by atoms with van der Waals surface area (Å²) in [6.07, 6.45) is 0. The van der Waals surface area contributed by atoms with Gasteiger partial charge in [0.1, 0.15) is 17.2 Å². The Labute approximate surface area is 175 Å². The van der Waals surface area contributed by atoms with Crippen LogP contribution in [0.25, 0.3) is 10.2 Å². The zero-order valence-electron chi connectivity index (χ0n) is 18.1. The Balaban J connectivity index is 2.02. The SMILES string of the molecule is Cc1cc(C)c(NC(=O)Cn2c(CN(C)C)nc3sc(C)c(C)c3c2=O)c(C)c1.